The van der Waals surface area contributed by atoms with Crippen LogP contribution in [0, 0.1) is 0 Å². The Labute approximate surface area is 857 Å². The summed E-state index contributed by atoms with van der Waals surface area (Å²) in [6.07, 6.45) is 9.14. The molecule has 0 aliphatic heterocycles. The van der Waals surface area contributed by atoms with Crippen LogP contribution in [0.4, 0.5) is 0 Å². The molecule has 18 aromatic carbocycles. The number of benzene rings is 18. The summed E-state index contributed by atoms with van der Waals surface area (Å²) in [5.41, 5.74) is 28.5. The van der Waals surface area contributed by atoms with E-state index in [-0.39, 0.29) is 0 Å². The monoisotopic (exact) mass is 1920 g/mol. The van der Waals surface area contributed by atoms with Crippen molar-refractivity contribution in [2.75, 3.05) is 0 Å². The third-order valence-electron chi connectivity index (χ3n) is 28.0. The highest BCUT2D eigenvalue weighted by Crippen LogP contribution is 2.50. The standard InChI is InChI=1S/3C44H27N5O/c1-4-14-28(15-5-1)42-46-43(29-16-6-2-7-17-29)48-44(47-42)35-27-39-34(26-33(35)36-21-12-13-25-45-36)31-23-24-38-40(41(31)50-39)32-20-10-11-22-37(32)49(38)30-18-8-3-9-19-30;1-4-13-28(14-5-1)42-46-43(29-15-6-2-7-16-29)48-44(47-42)36-26-39-35(25-34(36)30-17-12-24-45-27-30)32-22-23-38-40(41(32)50-39)33-20-10-11-21-37(33)49(38)31-18-8-3-9-19-31;1-4-12-29(13-5-1)42-46-43(30-14-6-2-7-15-30)48-44(47-42)31-26-35(28-22-24-45-25-23-28)39-34-20-21-37-40(41(34)50-38(39)27-31)33-18-10-11-19-36(33)49(37)32-16-8-3-9-17-32/h3*1-27H. The van der Waals surface area contributed by atoms with Crippen LogP contribution in [-0.2, 0) is 0 Å². The number of aromatic nitrogens is 15. The molecule has 30 rings (SSSR count). The third-order valence-corrected chi connectivity index (χ3v) is 28.0. The predicted molar refractivity (Wildman–Crippen MR) is 603 cm³/mol. The highest BCUT2D eigenvalue weighted by molar-refractivity contribution is 6.28. The summed E-state index contributed by atoms with van der Waals surface area (Å²) >= 11 is 0. The summed E-state index contributed by atoms with van der Waals surface area (Å²) in [4.78, 5) is 58.8. The second kappa shape index (κ2) is 36.9. The molecule has 0 saturated carbocycles. The molecule has 12 heterocycles. The van der Waals surface area contributed by atoms with Gasteiger partial charge in [-0.1, -0.05) is 303 Å². The summed E-state index contributed by atoms with van der Waals surface area (Å²) in [7, 11) is 0. The van der Waals surface area contributed by atoms with Gasteiger partial charge in [0.25, 0.3) is 0 Å². The minimum absolute atomic E-state index is 0.548. The zero-order chi connectivity index (χ0) is 99.1. The number of furan rings is 3. The Bertz CT molecular complexity index is 9860. The lowest BCUT2D eigenvalue weighted by atomic mass is 9.97. The predicted octanol–water partition coefficient (Wildman–Crippen LogP) is 32.8. The summed E-state index contributed by atoms with van der Waals surface area (Å²) in [5, 5.41) is 12.9. The molecule has 150 heavy (non-hydrogen) atoms. The van der Waals surface area contributed by atoms with Gasteiger partial charge in [0, 0.05) is 158 Å². The number of nitrogens with zero attached hydrogens (tertiary/aromatic N) is 15. The number of fused-ring (bicyclic) bond motifs is 21. The van der Waals surface area contributed by atoms with E-state index in [0.717, 1.165) is 232 Å². The fourth-order valence-electron chi connectivity index (χ4n) is 21.2. The van der Waals surface area contributed by atoms with Crippen LogP contribution in [0.25, 0.3) is 284 Å². The van der Waals surface area contributed by atoms with Gasteiger partial charge in [-0.3, -0.25) is 15.0 Å². The van der Waals surface area contributed by atoms with Gasteiger partial charge in [-0.05, 0) is 174 Å². The van der Waals surface area contributed by atoms with Crippen LogP contribution in [-0.4, -0.2) is 73.5 Å². The zero-order valence-electron chi connectivity index (χ0n) is 80.2. The summed E-state index contributed by atoms with van der Waals surface area (Å²) in [6.45, 7) is 0. The lowest BCUT2D eigenvalue weighted by Crippen LogP contribution is -2.01. The van der Waals surface area contributed by atoms with E-state index in [0.29, 0.717) is 52.4 Å². The molecule has 0 unspecified atom stereocenters. The van der Waals surface area contributed by atoms with Crippen molar-refractivity contribution in [2.24, 2.45) is 0 Å². The SMILES string of the molecule is c1ccc(-c2nc(-c3ccccc3)nc(-c3cc(-c4ccncc4)c4c(c3)oc3c4ccc4c3c3ccccc3n4-c3ccccc3)n2)cc1.c1ccc(-c2nc(-c3ccccc3)nc(-c3cc4oc5c(ccc6c5c5ccccc5n6-c5ccccc5)c4cc3-c3ccccn3)n2)cc1.c1ccc(-c2nc(-c3ccccc3)nc(-c3cc4oc5c(ccc6c5c5ccccc5n6-c5ccccc5)c4cc3-c3cccnc3)n2)cc1. The Hall–Kier alpha value is -20.8. The molecule has 0 bridgehead atoms. The van der Waals surface area contributed by atoms with Crippen molar-refractivity contribution in [3.63, 3.8) is 0 Å². The first-order chi connectivity index (χ1) is 74.4. The molecule has 0 aliphatic rings. The zero-order valence-corrected chi connectivity index (χ0v) is 80.2. The first kappa shape index (κ1) is 87.1. The summed E-state index contributed by atoms with van der Waals surface area (Å²) in [6, 6.07) is 157. The van der Waals surface area contributed by atoms with Gasteiger partial charge >= 0.3 is 0 Å². The molecule has 18 nitrogen and oxygen atoms in total. The van der Waals surface area contributed by atoms with E-state index in [4.69, 9.17) is 63.1 Å². The normalized spacial score (nSPS) is 11.6. The Morgan fingerprint density at radius 2 is 0.493 bits per heavy atom. The van der Waals surface area contributed by atoms with E-state index in [9.17, 15) is 0 Å². The quantitative estimate of drug-likeness (QED) is 0.0935. The first-order valence-electron chi connectivity index (χ1n) is 49.7. The average Bonchev–Trinajstić information content (AvgIpc) is 1.56. The van der Waals surface area contributed by atoms with Gasteiger partial charge in [0.2, 0.25) is 0 Å². The van der Waals surface area contributed by atoms with Crippen LogP contribution in [0.3, 0.4) is 0 Å². The third kappa shape index (κ3) is 15.4. The fraction of sp³-hybridized carbons (Fsp3) is 0. The maximum Gasteiger partial charge on any atom is 0.164 e. The smallest absolute Gasteiger partial charge is 0.164 e. The molecule has 12 aromatic heterocycles. The van der Waals surface area contributed by atoms with Crippen molar-refractivity contribution in [3.8, 4) is 153 Å². The minimum Gasteiger partial charge on any atom is -0.455 e. The largest absolute Gasteiger partial charge is 0.455 e. The van der Waals surface area contributed by atoms with Gasteiger partial charge in [-0.15, -0.1) is 0 Å². The van der Waals surface area contributed by atoms with E-state index < -0.39 is 0 Å². The lowest BCUT2D eigenvalue weighted by Gasteiger charge is -2.12. The van der Waals surface area contributed by atoms with Crippen LogP contribution in [0.1, 0.15) is 0 Å². The average molecular weight is 1930 g/mol. The maximum atomic E-state index is 6.98. The van der Waals surface area contributed by atoms with E-state index in [1.54, 1.807) is 6.20 Å². The second-order valence-electron chi connectivity index (χ2n) is 36.9. The van der Waals surface area contributed by atoms with Gasteiger partial charge in [0.05, 0.1) is 55.0 Å². The molecule has 0 spiro atoms. The molecule has 30 aromatic rings. The van der Waals surface area contributed by atoms with Crippen LogP contribution in [0.2, 0.25) is 0 Å². The first-order valence-corrected chi connectivity index (χ1v) is 49.7. The van der Waals surface area contributed by atoms with Crippen LogP contribution in [0.5, 0.6) is 0 Å². The number of hydrogen-bond acceptors (Lipinski definition) is 15. The number of rotatable bonds is 15. The molecule has 0 saturated heterocycles. The summed E-state index contributed by atoms with van der Waals surface area (Å²) in [5.74, 6) is 5.30. The van der Waals surface area contributed by atoms with Crippen molar-refractivity contribution < 1.29 is 13.3 Å². The van der Waals surface area contributed by atoms with Crippen molar-refractivity contribution in [1.29, 1.82) is 0 Å². The highest BCUT2D eigenvalue weighted by Gasteiger charge is 2.29. The van der Waals surface area contributed by atoms with Crippen molar-refractivity contribution >= 4 is 131 Å². The van der Waals surface area contributed by atoms with Crippen molar-refractivity contribution in [3.05, 3.63) is 492 Å². The molecule has 0 radical (unpaired) electrons. The molecule has 0 fully saturated rings. The van der Waals surface area contributed by atoms with E-state index in [2.05, 4.69) is 248 Å². The fourth-order valence-corrected chi connectivity index (χ4v) is 21.2. The molecule has 18 heteroatoms. The van der Waals surface area contributed by atoms with Crippen LogP contribution >= 0.6 is 0 Å². The maximum absolute atomic E-state index is 6.98. The molecule has 0 atom stereocenters. The van der Waals surface area contributed by atoms with Gasteiger partial charge < -0.3 is 27.0 Å². The van der Waals surface area contributed by atoms with Crippen LogP contribution in [0.15, 0.2) is 505 Å². The van der Waals surface area contributed by atoms with Gasteiger partial charge in [-0.2, -0.15) is 0 Å². The lowest BCUT2D eigenvalue weighted by molar-refractivity contribution is 0.672. The molecule has 0 N–H and O–H groups in total. The Kier molecular flexibility index (Phi) is 21.4. The van der Waals surface area contributed by atoms with Gasteiger partial charge in [0.1, 0.15) is 33.5 Å². The topological polar surface area (TPSA) is 209 Å². The second-order valence-corrected chi connectivity index (χ2v) is 36.9. The Morgan fingerprint density at radius 1 is 0.167 bits per heavy atom. The van der Waals surface area contributed by atoms with E-state index in [1.165, 1.54) is 0 Å². The molecular formula is C132H81N15O3. The molecule has 702 valence electrons. The van der Waals surface area contributed by atoms with Gasteiger partial charge in [-0.25, -0.2) is 44.9 Å². The number of hydrogen-bond donors (Lipinski definition) is 0. The number of pyridine rings is 3. The highest BCUT2D eigenvalue weighted by atomic mass is 16.3. The van der Waals surface area contributed by atoms with E-state index in [1.807, 2.05) is 261 Å². The summed E-state index contributed by atoms with van der Waals surface area (Å²) < 4.78 is 27.7. The molecule has 0 aliphatic carbocycles. The Balaban J connectivity index is 0.000000108. The minimum atomic E-state index is 0.548. The number of para-hydroxylation sites is 6. The van der Waals surface area contributed by atoms with Crippen molar-refractivity contribution in [1.82, 2.24) is 73.5 Å². The molecule has 0 amide bonds. The van der Waals surface area contributed by atoms with Crippen LogP contribution < -0.4 is 0 Å². The van der Waals surface area contributed by atoms with Crippen molar-refractivity contribution in [2.45, 2.75) is 0 Å². The van der Waals surface area contributed by atoms with E-state index >= 15 is 0 Å². The Morgan fingerprint density at radius 3 is 0.873 bits per heavy atom. The molecular weight excluding hydrogens is 1840 g/mol. The van der Waals surface area contributed by atoms with Gasteiger partial charge in [0.15, 0.2) is 52.4 Å².